The minimum absolute atomic E-state index is 0.0850. The van der Waals surface area contributed by atoms with Crippen LogP contribution in [0.4, 0.5) is 0 Å². The monoisotopic (exact) mass is 440 g/mol. The summed E-state index contributed by atoms with van der Waals surface area (Å²) in [6.45, 7) is 7.67. The molecule has 0 bridgehead atoms. The number of carbonyl (C=O) groups is 3. The molecule has 4 aliphatic rings. The second-order valence-electron chi connectivity index (χ2n) is 11.3. The fourth-order valence-electron chi connectivity index (χ4n) is 7.59. The molecule has 8 unspecified atom stereocenters. The molecular weight excluding hydrogens is 404 g/mol. The van der Waals surface area contributed by atoms with Gasteiger partial charge in [0.2, 0.25) is 0 Å². The lowest BCUT2D eigenvalue weighted by molar-refractivity contribution is -0.178. The van der Waals surface area contributed by atoms with E-state index in [1.807, 2.05) is 0 Å². The standard InChI is InChI=1S/C27H36O5/c1-6-27(32-24(31)17(3)16(2)23(29)30)14-11-22-20-8-7-18-15-19(28)9-12-25(18,4)21(20)10-13-26(22,27)5/h1,7,16-17,20-22H,8-15H2,2-5H3,(H,29,30). The summed E-state index contributed by atoms with van der Waals surface area (Å²) >= 11 is 0. The van der Waals surface area contributed by atoms with Crippen molar-refractivity contribution < 1.29 is 24.2 Å². The first-order valence-corrected chi connectivity index (χ1v) is 12.1. The normalized spacial score (nSPS) is 42.4. The SMILES string of the molecule is C#CC1(OC(=O)C(C)C(C)C(=O)O)CCC2C3CC=C4CC(=O)CCC4(C)C3CCC21C. The second kappa shape index (κ2) is 7.75. The highest BCUT2D eigenvalue weighted by Crippen LogP contribution is 2.67. The van der Waals surface area contributed by atoms with Gasteiger partial charge in [-0.2, -0.15) is 0 Å². The number of esters is 1. The Balaban J connectivity index is 1.61. The lowest BCUT2D eigenvalue weighted by Gasteiger charge is -2.58. The predicted octanol–water partition coefficient (Wildman–Crippen LogP) is 4.79. The molecule has 0 aromatic carbocycles. The van der Waals surface area contributed by atoms with E-state index in [1.54, 1.807) is 6.92 Å². The molecule has 0 amide bonds. The van der Waals surface area contributed by atoms with Crippen LogP contribution in [0.25, 0.3) is 0 Å². The highest BCUT2D eigenvalue weighted by molar-refractivity contribution is 5.83. The molecule has 4 aliphatic carbocycles. The zero-order valence-electron chi connectivity index (χ0n) is 19.8. The van der Waals surface area contributed by atoms with Crippen molar-refractivity contribution in [1.82, 2.24) is 0 Å². The van der Waals surface area contributed by atoms with Gasteiger partial charge in [-0.1, -0.05) is 45.3 Å². The Kier molecular flexibility index (Phi) is 5.59. The van der Waals surface area contributed by atoms with Gasteiger partial charge in [0.15, 0.2) is 5.60 Å². The van der Waals surface area contributed by atoms with Crippen molar-refractivity contribution in [2.75, 3.05) is 0 Å². The number of carboxylic acid groups (broad SMARTS) is 1. The summed E-state index contributed by atoms with van der Waals surface area (Å²) in [4.78, 5) is 36.4. The van der Waals surface area contributed by atoms with E-state index in [4.69, 9.17) is 11.2 Å². The van der Waals surface area contributed by atoms with Gasteiger partial charge in [0.1, 0.15) is 5.78 Å². The first-order chi connectivity index (χ1) is 15.0. The number of hydrogen-bond acceptors (Lipinski definition) is 4. The molecule has 0 radical (unpaired) electrons. The Morgan fingerprint density at radius 3 is 2.50 bits per heavy atom. The van der Waals surface area contributed by atoms with Crippen LogP contribution in [0.1, 0.15) is 79.1 Å². The molecule has 0 aliphatic heterocycles. The Morgan fingerprint density at radius 1 is 1.16 bits per heavy atom. The smallest absolute Gasteiger partial charge is 0.311 e. The van der Waals surface area contributed by atoms with Crippen molar-refractivity contribution >= 4 is 17.7 Å². The maximum absolute atomic E-state index is 13.0. The van der Waals surface area contributed by atoms with Crippen LogP contribution < -0.4 is 0 Å². The molecule has 4 rings (SSSR count). The van der Waals surface area contributed by atoms with E-state index in [0.29, 0.717) is 42.8 Å². The summed E-state index contributed by atoms with van der Waals surface area (Å²) in [6, 6.07) is 0. The average Bonchev–Trinajstić information content (AvgIpc) is 3.05. The van der Waals surface area contributed by atoms with Crippen LogP contribution in [0, 0.1) is 52.8 Å². The Morgan fingerprint density at radius 2 is 1.84 bits per heavy atom. The lowest BCUT2D eigenvalue weighted by Crippen LogP contribution is -2.55. The number of Topliss-reactive ketones (excluding diaryl/α,β-unsaturated/α-hetero) is 1. The van der Waals surface area contributed by atoms with Crippen LogP contribution in [0.15, 0.2) is 11.6 Å². The third kappa shape index (κ3) is 3.17. The summed E-state index contributed by atoms with van der Waals surface area (Å²) in [5, 5.41) is 9.31. The molecule has 174 valence electrons. The largest absolute Gasteiger partial charge is 0.481 e. The fourth-order valence-corrected chi connectivity index (χ4v) is 7.59. The van der Waals surface area contributed by atoms with E-state index in [1.165, 1.54) is 12.5 Å². The molecule has 32 heavy (non-hydrogen) atoms. The fraction of sp³-hybridized carbons (Fsp3) is 0.741. The van der Waals surface area contributed by atoms with Gasteiger partial charge >= 0.3 is 11.9 Å². The van der Waals surface area contributed by atoms with Crippen LogP contribution in [0.3, 0.4) is 0 Å². The topological polar surface area (TPSA) is 80.7 Å². The average molecular weight is 441 g/mol. The number of carbonyl (C=O) groups excluding carboxylic acids is 2. The maximum atomic E-state index is 13.0. The third-order valence-electron chi connectivity index (χ3n) is 10.1. The molecule has 0 aromatic rings. The number of rotatable bonds is 4. The highest BCUT2D eigenvalue weighted by Gasteiger charge is 2.65. The van der Waals surface area contributed by atoms with Gasteiger partial charge in [-0.05, 0) is 61.7 Å². The second-order valence-corrected chi connectivity index (χ2v) is 11.3. The highest BCUT2D eigenvalue weighted by atomic mass is 16.6. The number of aliphatic carboxylic acids is 1. The third-order valence-corrected chi connectivity index (χ3v) is 10.1. The van der Waals surface area contributed by atoms with Gasteiger partial charge in [0, 0.05) is 18.3 Å². The molecule has 0 aromatic heterocycles. The zero-order chi connectivity index (χ0) is 23.5. The van der Waals surface area contributed by atoms with Crippen molar-refractivity contribution in [2.45, 2.75) is 84.7 Å². The minimum atomic E-state index is -1.01. The van der Waals surface area contributed by atoms with Gasteiger partial charge < -0.3 is 9.84 Å². The Labute approximate surface area is 191 Å². The molecular formula is C27H36O5. The molecule has 5 nitrogen and oxygen atoms in total. The van der Waals surface area contributed by atoms with Gasteiger partial charge in [-0.3, -0.25) is 14.4 Å². The predicted molar refractivity (Wildman–Crippen MR) is 120 cm³/mol. The van der Waals surface area contributed by atoms with E-state index < -0.39 is 29.4 Å². The summed E-state index contributed by atoms with van der Waals surface area (Å²) < 4.78 is 6.08. The zero-order valence-corrected chi connectivity index (χ0v) is 19.8. The van der Waals surface area contributed by atoms with Crippen molar-refractivity contribution in [3.05, 3.63) is 11.6 Å². The van der Waals surface area contributed by atoms with Gasteiger partial charge in [-0.15, -0.1) is 6.42 Å². The van der Waals surface area contributed by atoms with Crippen molar-refractivity contribution in [3.8, 4) is 12.3 Å². The molecule has 1 N–H and O–H groups in total. The van der Waals surface area contributed by atoms with E-state index in [0.717, 1.165) is 32.1 Å². The number of hydrogen-bond donors (Lipinski definition) is 1. The van der Waals surface area contributed by atoms with Crippen LogP contribution in [0.2, 0.25) is 0 Å². The number of allylic oxidation sites excluding steroid dienone is 2. The van der Waals surface area contributed by atoms with Gasteiger partial charge in [0.05, 0.1) is 11.8 Å². The van der Waals surface area contributed by atoms with Crippen LogP contribution in [-0.4, -0.2) is 28.4 Å². The molecule has 8 atom stereocenters. The van der Waals surface area contributed by atoms with Crippen LogP contribution >= 0.6 is 0 Å². The maximum Gasteiger partial charge on any atom is 0.311 e. The number of carboxylic acids is 1. The van der Waals surface area contributed by atoms with E-state index in [9.17, 15) is 19.5 Å². The molecule has 3 fully saturated rings. The molecule has 0 spiro atoms. The molecule has 0 heterocycles. The first-order valence-electron chi connectivity index (χ1n) is 12.1. The first kappa shape index (κ1) is 23.1. The summed E-state index contributed by atoms with van der Waals surface area (Å²) in [7, 11) is 0. The van der Waals surface area contributed by atoms with E-state index in [-0.39, 0.29) is 10.8 Å². The Bertz CT molecular complexity index is 911. The number of ether oxygens (including phenoxy) is 1. The quantitative estimate of drug-likeness (QED) is 0.386. The van der Waals surface area contributed by atoms with Crippen molar-refractivity contribution in [3.63, 3.8) is 0 Å². The van der Waals surface area contributed by atoms with Crippen LogP contribution in [0.5, 0.6) is 0 Å². The summed E-state index contributed by atoms with van der Waals surface area (Å²) in [5.41, 5.74) is 0.112. The summed E-state index contributed by atoms with van der Waals surface area (Å²) in [6.07, 6.45) is 15.0. The van der Waals surface area contributed by atoms with Crippen molar-refractivity contribution in [1.29, 1.82) is 0 Å². The van der Waals surface area contributed by atoms with E-state index >= 15 is 0 Å². The molecule has 5 heteroatoms. The summed E-state index contributed by atoms with van der Waals surface area (Å²) in [5.74, 6) is 1.50. The van der Waals surface area contributed by atoms with Crippen LogP contribution in [-0.2, 0) is 19.1 Å². The number of ketones is 1. The van der Waals surface area contributed by atoms with Gasteiger partial charge in [0.25, 0.3) is 0 Å². The minimum Gasteiger partial charge on any atom is -0.481 e. The van der Waals surface area contributed by atoms with Crippen molar-refractivity contribution in [2.24, 2.45) is 40.4 Å². The molecule has 3 saturated carbocycles. The number of fused-ring (bicyclic) bond motifs is 5. The Hall–Kier alpha value is -2.09. The lowest BCUT2D eigenvalue weighted by atomic mass is 9.47. The van der Waals surface area contributed by atoms with Gasteiger partial charge in [-0.25, -0.2) is 0 Å². The molecule has 0 saturated heterocycles. The van der Waals surface area contributed by atoms with E-state index in [2.05, 4.69) is 25.8 Å². The number of terminal acetylenes is 1.